The van der Waals surface area contributed by atoms with Crippen LogP contribution in [0.2, 0.25) is 0 Å². The molecule has 0 radical (unpaired) electrons. The highest BCUT2D eigenvalue weighted by atomic mass is 32.2. The van der Waals surface area contributed by atoms with E-state index in [1.807, 2.05) is 31.2 Å². The zero-order chi connectivity index (χ0) is 19.0. The van der Waals surface area contributed by atoms with E-state index in [9.17, 15) is 9.59 Å². The van der Waals surface area contributed by atoms with Crippen LogP contribution in [-0.4, -0.2) is 34.5 Å². The Hall–Kier alpha value is -3.00. The van der Waals surface area contributed by atoms with Crippen LogP contribution in [-0.2, 0) is 4.79 Å². The molecular weight excluding hydrogens is 364 g/mol. The summed E-state index contributed by atoms with van der Waals surface area (Å²) in [4.78, 5) is 31.3. The number of carbonyl (C=O) groups excluding carboxylic acids is 1. The van der Waals surface area contributed by atoms with Crippen molar-refractivity contribution in [2.75, 3.05) is 29.6 Å². The lowest BCUT2D eigenvalue weighted by Gasteiger charge is -2.29. The van der Waals surface area contributed by atoms with Gasteiger partial charge in [0.2, 0.25) is 5.91 Å². The number of hydrogen-bond donors (Lipinski definition) is 1. The number of fused-ring (bicyclic) bond motifs is 2. The number of carbonyl (C=O) groups is 1. The van der Waals surface area contributed by atoms with Gasteiger partial charge >= 0.3 is 0 Å². The monoisotopic (exact) mass is 382 g/mol. The van der Waals surface area contributed by atoms with Crippen LogP contribution in [0.25, 0.3) is 10.9 Å². The Bertz CT molecular complexity index is 1100. The number of ether oxygens (including phenoxy) is 1. The van der Waals surface area contributed by atoms with Gasteiger partial charge in [0.15, 0.2) is 5.16 Å². The maximum atomic E-state index is 12.8. The zero-order valence-corrected chi connectivity index (χ0v) is 15.5. The molecule has 1 aliphatic rings. The van der Waals surface area contributed by atoms with Crippen molar-refractivity contribution in [3.05, 3.63) is 58.4 Å². The molecule has 2 N–H and O–H groups in total. The summed E-state index contributed by atoms with van der Waals surface area (Å²) in [5, 5.41) is 0.762. The van der Waals surface area contributed by atoms with E-state index in [2.05, 4.69) is 4.98 Å². The summed E-state index contributed by atoms with van der Waals surface area (Å²) in [6.07, 6.45) is 0. The lowest BCUT2D eigenvalue weighted by Crippen LogP contribution is -2.39. The van der Waals surface area contributed by atoms with Gasteiger partial charge < -0.3 is 15.5 Å². The number of hydrogen-bond acceptors (Lipinski definition) is 6. The van der Waals surface area contributed by atoms with Crippen molar-refractivity contribution in [3.8, 4) is 5.75 Å². The first-order valence-corrected chi connectivity index (χ1v) is 9.46. The SMILES string of the molecule is Cc1ccc2c(c1)N(C(=O)CSc1nc3ccccc3c(=O)n1N)CCO2. The summed E-state index contributed by atoms with van der Waals surface area (Å²) < 4.78 is 6.62. The Morgan fingerprint density at radius 2 is 2.11 bits per heavy atom. The number of benzene rings is 2. The Morgan fingerprint density at radius 3 is 2.96 bits per heavy atom. The average Bonchev–Trinajstić information content (AvgIpc) is 2.69. The second-order valence-corrected chi connectivity index (χ2v) is 7.18. The van der Waals surface area contributed by atoms with Gasteiger partial charge in [0.05, 0.1) is 28.9 Å². The smallest absolute Gasteiger partial charge is 0.280 e. The number of nitrogens with zero attached hydrogens (tertiary/aromatic N) is 3. The van der Waals surface area contributed by atoms with Crippen molar-refractivity contribution >= 4 is 34.3 Å². The van der Waals surface area contributed by atoms with Crippen LogP contribution in [0.5, 0.6) is 5.75 Å². The van der Waals surface area contributed by atoms with Gasteiger partial charge in [0, 0.05) is 0 Å². The lowest BCUT2D eigenvalue weighted by atomic mass is 10.1. The van der Waals surface area contributed by atoms with Gasteiger partial charge in [-0.1, -0.05) is 30.0 Å². The highest BCUT2D eigenvalue weighted by Crippen LogP contribution is 2.33. The fraction of sp³-hybridized carbons (Fsp3) is 0.211. The van der Waals surface area contributed by atoms with E-state index in [0.29, 0.717) is 35.0 Å². The molecule has 0 aliphatic carbocycles. The normalized spacial score (nSPS) is 13.3. The van der Waals surface area contributed by atoms with Gasteiger partial charge in [-0.3, -0.25) is 9.59 Å². The quantitative estimate of drug-likeness (QED) is 0.423. The maximum Gasteiger partial charge on any atom is 0.280 e. The van der Waals surface area contributed by atoms with Gasteiger partial charge in [-0.15, -0.1) is 0 Å². The van der Waals surface area contributed by atoms with E-state index in [0.717, 1.165) is 27.7 Å². The Balaban J connectivity index is 1.57. The minimum Gasteiger partial charge on any atom is -0.490 e. The van der Waals surface area contributed by atoms with E-state index in [4.69, 9.17) is 10.6 Å². The molecule has 1 aromatic heterocycles. The van der Waals surface area contributed by atoms with Gasteiger partial charge in [-0.2, -0.15) is 0 Å². The molecule has 0 unspecified atom stereocenters. The van der Waals surface area contributed by atoms with Crippen LogP contribution >= 0.6 is 11.8 Å². The number of rotatable bonds is 3. The van der Waals surface area contributed by atoms with Crippen LogP contribution in [0.3, 0.4) is 0 Å². The number of thioether (sulfide) groups is 1. The number of anilines is 1. The summed E-state index contributed by atoms with van der Waals surface area (Å²) in [5.74, 6) is 6.62. The second kappa shape index (κ2) is 6.96. The number of aryl methyl sites for hydroxylation is 1. The molecule has 0 bridgehead atoms. The number of para-hydroxylation sites is 1. The van der Waals surface area contributed by atoms with Gasteiger partial charge in [0.25, 0.3) is 5.56 Å². The number of nitrogens with two attached hydrogens (primary N) is 1. The molecule has 7 nitrogen and oxygen atoms in total. The van der Waals surface area contributed by atoms with Crippen molar-refractivity contribution in [1.82, 2.24) is 9.66 Å². The van der Waals surface area contributed by atoms with Crippen molar-refractivity contribution in [3.63, 3.8) is 0 Å². The molecule has 8 heteroatoms. The van der Waals surface area contributed by atoms with E-state index >= 15 is 0 Å². The molecule has 3 aromatic rings. The highest BCUT2D eigenvalue weighted by Gasteiger charge is 2.24. The largest absolute Gasteiger partial charge is 0.490 e. The van der Waals surface area contributed by atoms with Crippen molar-refractivity contribution < 1.29 is 9.53 Å². The molecule has 27 heavy (non-hydrogen) atoms. The molecule has 138 valence electrons. The number of amides is 1. The lowest BCUT2D eigenvalue weighted by molar-refractivity contribution is -0.116. The summed E-state index contributed by atoms with van der Waals surface area (Å²) >= 11 is 1.15. The van der Waals surface area contributed by atoms with Crippen molar-refractivity contribution in [2.24, 2.45) is 0 Å². The fourth-order valence-electron chi connectivity index (χ4n) is 3.02. The van der Waals surface area contributed by atoms with Crippen LogP contribution in [0.1, 0.15) is 5.56 Å². The van der Waals surface area contributed by atoms with E-state index in [1.54, 1.807) is 23.1 Å². The second-order valence-electron chi connectivity index (χ2n) is 6.24. The minimum absolute atomic E-state index is 0.0856. The molecular formula is C19H18N4O3S. The first kappa shape index (κ1) is 17.4. The molecule has 0 saturated heterocycles. The number of aromatic nitrogens is 2. The average molecular weight is 382 g/mol. The zero-order valence-electron chi connectivity index (χ0n) is 14.7. The first-order valence-electron chi connectivity index (χ1n) is 8.48. The molecule has 2 aromatic carbocycles. The molecule has 4 rings (SSSR count). The molecule has 0 fully saturated rings. The van der Waals surface area contributed by atoms with Crippen LogP contribution in [0.4, 0.5) is 5.69 Å². The van der Waals surface area contributed by atoms with E-state index in [1.165, 1.54) is 0 Å². The third-order valence-corrected chi connectivity index (χ3v) is 5.32. The highest BCUT2D eigenvalue weighted by molar-refractivity contribution is 7.99. The third-order valence-electron chi connectivity index (χ3n) is 4.38. The predicted molar refractivity (Wildman–Crippen MR) is 106 cm³/mol. The molecule has 0 spiro atoms. The minimum atomic E-state index is -0.331. The summed E-state index contributed by atoms with van der Waals surface area (Å²) in [5.41, 5.74) is 2.05. The topological polar surface area (TPSA) is 90.5 Å². The van der Waals surface area contributed by atoms with Gasteiger partial charge in [0.1, 0.15) is 12.4 Å². The van der Waals surface area contributed by atoms with E-state index in [-0.39, 0.29) is 17.2 Å². The summed E-state index contributed by atoms with van der Waals surface area (Å²) in [7, 11) is 0. The Labute approximate surface area is 159 Å². The first-order chi connectivity index (χ1) is 13.0. The maximum absolute atomic E-state index is 12.8. The third kappa shape index (κ3) is 3.23. The Kier molecular flexibility index (Phi) is 4.49. The van der Waals surface area contributed by atoms with Crippen molar-refractivity contribution in [1.29, 1.82) is 0 Å². The summed E-state index contributed by atoms with van der Waals surface area (Å²) in [6, 6.07) is 12.8. The number of nitrogen functional groups attached to an aromatic ring is 1. The van der Waals surface area contributed by atoms with Crippen LogP contribution in [0.15, 0.2) is 52.4 Å². The van der Waals surface area contributed by atoms with Gasteiger partial charge in [-0.05, 0) is 36.8 Å². The van der Waals surface area contributed by atoms with Gasteiger partial charge in [-0.25, -0.2) is 9.66 Å². The van der Waals surface area contributed by atoms with Crippen molar-refractivity contribution in [2.45, 2.75) is 12.1 Å². The molecule has 0 atom stereocenters. The van der Waals surface area contributed by atoms with Crippen LogP contribution in [0, 0.1) is 6.92 Å². The van der Waals surface area contributed by atoms with Crippen LogP contribution < -0.4 is 21.0 Å². The Morgan fingerprint density at radius 1 is 1.30 bits per heavy atom. The summed E-state index contributed by atoms with van der Waals surface area (Å²) in [6.45, 7) is 2.90. The molecule has 1 aliphatic heterocycles. The molecule has 0 saturated carbocycles. The predicted octanol–water partition coefficient (Wildman–Crippen LogP) is 1.94. The standard InChI is InChI=1S/C19H18N4O3S/c1-12-6-7-16-15(10-12)22(8-9-26-16)17(24)11-27-19-21-14-5-3-2-4-13(14)18(25)23(19)20/h2-7,10H,8-9,11,20H2,1H3. The molecule has 2 heterocycles. The van der Waals surface area contributed by atoms with E-state index < -0.39 is 0 Å². The fourth-order valence-corrected chi connectivity index (χ4v) is 3.81. The molecule has 1 amide bonds.